The number of nitrogens with one attached hydrogen (secondary N) is 3. The molecule has 7 nitrogen and oxygen atoms in total. The SMILES string of the molecule is C[NH+](C)C1(CNC(=O)CN2C(=O)N[C@@](C)(c3ccccc3)C2=O)CCCCC1. The number of imide groups is 1. The van der Waals surface area contributed by atoms with Crippen LogP contribution in [0.4, 0.5) is 4.79 Å². The summed E-state index contributed by atoms with van der Waals surface area (Å²) in [6.45, 7) is 1.98. The van der Waals surface area contributed by atoms with Gasteiger partial charge in [0.25, 0.3) is 5.91 Å². The topological polar surface area (TPSA) is 82.9 Å². The van der Waals surface area contributed by atoms with E-state index in [0.29, 0.717) is 12.1 Å². The van der Waals surface area contributed by atoms with E-state index in [4.69, 9.17) is 0 Å². The minimum absolute atomic E-state index is 0.0315. The fourth-order valence-electron chi connectivity index (χ4n) is 4.36. The van der Waals surface area contributed by atoms with E-state index in [0.717, 1.165) is 17.7 Å². The number of nitrogens with zero attached hydrogens (tertiary/aromatic N) is 1. The first-order valence-corrected chi connectivity index (χ1v) is 10.1. The summed E-state index contributed by atoms with van der Waals surface area (Å²) in [6.07, 6.45) is 5.73. The molecule has 0 aromatic heterocycles. The average Bonchev–Trinajstić information content (AvgIpc) is 2.92. The van der Waals surface area contributed by atoms with Crippen LogP contribution in [0.2, 0.25) is 0 Å². The number of carbonyl (C=O) groups is 3. The Kier molecular flexibility index (Phi) is 5.74. The first kappa shape index (κ1) is 20.3. The molecule has 1 aromatic rings. The molecule has 1 aromatic carbocycles. The molecule has 3 N–H and O–H groups in total. The summed E-state index contributed by atoms with van der Waals surface area (Å²) in [6, 6.07) is 8.57. The lowest BCUT2D eigenvalue weighted by Gasteiger charge is -2.39. The van der Waals surface area contributed by atoms with Crippen LogP contribution in [0.1, 0.15) is 44.6 Å². The van der Waals surface area contributed by atoms with Crippen molar-refractivity contribution in [2.24, 2.45) is 0 Å². The number of urea groups is 1. The highest BCUT2D eigenvalue weighted by Crippen LogP contribution is 2.28. The predicted molar refractivity (Wildman–Crippen MR) is 106 cm³/mol. The fourth-order valence-corrected chi connectivity index (χ4v) is 4.36. The van der Waals surface area contributed by atoms with Crippen molar-refractivity contribution < 1.29 is 19.3 Å². The van der Waals surface area contributed by atoms with E-state index in [9.17, 15) is 14.4 Å². The second-order valence-electron chi connectivity index (χ2n) is 8.43. The van der Waals surface area contributed by atoms with E-state index in [1.54, 1.807) is 19.1 Å². The van der Waals surface area contributed by atoms with Gasteiger partial charge in [-0.1, -0.05) is 36.8 Å². The molecular weight excluding hydrogens is 356 g/mol. The van der Waals surface area contributed by atoms with Crippen LogP contribution < -0.4 is 15.5 Å². The van der Waals surface area contributed by atoms with E-state index in [1.807, 2.05) is 18.2 Å². The summed E-state index contributed by atoms with van der Waals surface area (Å²) >= 11 is 0. The largest absolute Gasteiger partial charge is 0.348 e. The molecule has 1 aliphatic carbocycles. The minimum Gasteiger partial charge on any atom is -0.348 e. The second-order valence-corrected chi connectivity index (χ2v) is 8.43. The van der Waals surface area contributed by atoms with Crippen LogP contribution in [0.25, 0.3) is 0 Å². The zero-order chi connectivity index (χ0) is 20.4. The van der Waals surface area contributed by atoms with Crippen LogP contribution in [-0.2, 0) is 15.1 Å². The van der Waals surface area contributed by atoms with E-state index < -0.39 is 17.5 Å². The van der Waals surface area contributed by atoms with E-state index in [1.165, 1.54) is 24.2 Å². The first-order valence-electron chi connectivity index (χ1n) is 10.1. The van der Waals surface area contributed by atoms with Gasteiger partial charge in [-0.25, -0.2) is 4.79 Å². The number of rotatable bonds is 6. The van der Waals surface area contributed by atoms with Crippen molar-refractivity contribution in [3.63, 3.8) is 0 Å². The maximum Gasteiger partial charge on any atom is 0.325 e. The van der Waals surface area contributed by atoms with Gasteiger partial charge in [-0.05, 0) is 25.3 Å². The monoisotopic (exact) mass is 387 g/mol. The van der Waals surface area contributed by atoms with Crippen molar-refractivity contribution >= 4 is 17.8 Å². The van der Waals surface area contributed by atoms with Crippen molar-refractivity contribution in [2.45, 2.75) is 50.1 Å². The van der Waals surface area contributed by atoms with Gasteiger partial charge in [-0.2, -0.15) is 0 Å². The Balaban J connectivity index is 1.64. The van der Waals surface area contributed by atoms with Gasteiger partial charge in [0.05, 0.1) is 20.6 Å². The number of benzene rings is 1. The Morgan fingerprint density at radius 2 is 1.79 bits per heavy atom. The quantitative estimate of drug-likeness (QED) is 0.619. The van der Waals surface area contributed by atoms with Crippen LogP contribution >= 0.6 is 0 Å². The molecule has 1 atom stereocenters. The van der Waals surface area contributed by atoms with Gasteiger partial charge in [0.1, 0.15) is 17.6 Å². The van der Waals surface area contributed by atoms with Gasteiger partial charge < -0.3 is 15.5 Å². The van der Waals surface area contributed by atoms with Crippen LogP contribution in [0.5, 0.6) is 0 Å². The first-order chi connectivity index (χ1) is 13.3. The van der Waals surface area contributed by atoms with Gasteiger partial charge in [-0.15, -0.1) is 0 Å². The maximum absolute atomic E-state index is 12.9. The maximum atomic E-state index is 12.9. The van der Waals surface area contributed by atoms with Crippen LogP contribution in [0.15, 0.2) is 30.3 Å². The van der Waals surface area contributed by atoms with Crippen molar-refractivity contribution in [3.8, 4) is 0 Å². The molecule has 1 saturated carbocycles. The van der Waals surface area contributed by atoms with Crippen LogP contribution in [-0.4, -0.2) is 55.5 Å². The highest BCUT2D eigenvalue weighted by Gasteiger charge is 2.49. The Bertz CT molecular complexity index is 743. The Labute approximate surface area is 166 Å². The normalized spacial score (nSPS) is 24.4. The molecule has 3 rings (SSSR count). The fraction of sp³-hybridized carbons (Fsp3) is 0.571. The molecule has 1 aliphatic heterocycles. The van der Waals surface area contributed by atoms with Crippen molar-refractivity contribution in [3.05, 3.63) is 35.9 Å². The predicted octanol–water partition coefficient (Wildman–Crippen LogP) is 0.417. The highest BCUT2D eigenvalue weighted by molar-refractivity contribution is 6.09. The molecule has 1 heterocycles. The standard InChI is InChI=1S/C21H30N4O3/c1-20(16-10-6-4-7-11-16)18(27)25(19(28)23-20)14-17(26)22-15-21(24(2)3)12-8-5-9-13-21/h4,6-7,10-11H,5,8-9,12-15H2,1-3H3,(H,22,26)(H,23,28)/p+1/t20-/m0/s1. The summed E-state index contributed by atoms with van der Waals surface area (Å²) < 4.78 is 0. The summed E-state index contributed by atoms with van der Waals surface area (Å²) in [5.41, 5.74) is -0.408. The lowest BCUT2D eigenvalue weighted by atomic mass is 9.80. The third kappa shape index (κ3) is 3.76. The van der Waals surface area contributed by atoms with E-state index >= 15 is 0 Å². The number of carbonyl (C=O) groups excluding carboxylic acids is 3. The third-order valence-electron chi connectivity index (χ3n) is 6.42. The average molecular weight is 388 g/mol. The molecule has 4 amide bonds. The lowest BCUT2D eigenvalue weighted by Crippen LogP contribution is -3.16. The smallest absolute Gasteiger partial charge is 0.325 e. The van der Waals surface area contributed by atoms with E-state index in [2.05, 4.69) is 24.7 Å². The molecule has 0 unspecified atom stereocenters. The molecule has 2 fully saturated rings. The number of quaternary nitrogens is 1. The molecular formula is C21H31N4O3+. The molecule has 0 bridgehead atoms. The van der Waals surface area contributed by atoms with Crippen molar-refractivity contribution in [2.75, 3.05) is 27.2 Å². The molecule has 28 heavy (non-hydrogen) atoms. The number of hydrogen-bond donors (Lipinski definition) is 3. The Morgan fingerprint density at radius 1 is 1.14 bits per heavy atom. The van der Waals surface area contributed by atoms with E-state index in [-0.39, 0.29) is 18.0 Å². The summed E-state index contributed by atoms with van der Waals surface area (Å²) in [7, 11) is 4.25. The number of amides is 4. The highest BCUT2D eigenvalue weighted by atomic mass is 16.2. The summed E-state index contributed by atoms with van der Waals surface area (Å²) in [5, 5.41) is 5.71. The molecule has 0 spiro atoms. The van der Waals surface area contributed by atoms with Crippen molar-refractivity contribution in [1.82, 2.24) is 15.5 Å². The molecule has 152 valence electrons. The second kappa shape index (κ2) is 7.91. The van der Waals surface area contributed by atoms with Gasteiger partial charge in [0.2, 0.25) is 5.91 Å². The van der Waals surface area contributed by atoms with Crippen molar-refractivity contribution in [1.29, 1.82) is 0 Å². The van der Waals surface area contributed by atoms with Gasteiger partial charge in [0, 0.05) is 12.8 Å². The molecule has 2 aliphatic rings. The Hall–Kier alpha value is -2.41. The zero-order valence-electron chi connectivity index (χ0n) is 17.0. The Morgan fingerprint density at radius 3 is 2.39 bits per heavy atom. The summed E-state index contributed by atoms with van der Waals surface area (Å²) in [4.78, 5) is 40.2. The molecule has 1 saturated heterocycles. The van der Waals surface area contributed by atoms with Gasteiger partial charge >= 0.3 is 6.03 Å². The molecule has 7 heteroatoms. The minimum atomic E-state index is -1.14. The molecule has 0 radical (unpaired) electrons. The van der Waals surface area contributed by atoms with Crippen LogP contribution in [0, 0.1) is 0 Å². The van der Waals surface area contributed by atoms with Gasteiger partial charge in [0.15, 0.2) is 0 Å². The van der Waals surface area contributed by atoms with Gasteiger partial charge in [-0.3, -0.25) is 14.5 Å². The zero-order valence-corrected chi connectivity index (χ0v) is 17.0. The summed E-state index contributed by atoms with van der Waals surface area (Å²) in [5.74, 6) is -0.698. The third-order valence-corrected chi connectivity index (χ3v) is 6.42. The number of hydrogen-bond acceptors (Lipinski definition) is 3. The van der Waals surface area contributed by atoms with Crippen LogP contribution in [0.3, 0.4) is 0 Å². The number of likely N-dealkylation sites (N-methyl/N-ethyl adjacent to an activating group) is 1. The lowest BCUT2D eigenvalue weighted by molar-refractivity contribution is -0.916.